The van der Waals surface area contributed by atoms with Crippen LogP contribution in [0.25, 0.3) is 16.9 Å². The lowest BCUT2D eigenvalue weighted by atomic mass is 10.1. The third-order valence-electron chi connectivity index (χ3n) is 4.35. The minimum atomic E-state index is -0.503. The molecular formula is C20H15N5O4S. The molecule has 0 aliphatic rings. The smallest absolute Gasteiger partial charge is 0.269 e. The fraction of sp³-hybridized carbons (Fsp3) is 0.100. The van der Waals surface area contributed by atoms with Crippen molar-refractivity contribution in [1.29, 1.82) is 0 Å². The number of nitro groups is 1. The van der Waals surface area contributed by atoms with Gasteiger partial charge in [0.1, 0.15) is 5.75 Å². The molecule has 30 heavy (non-hydrogen) atoms. The van der Waals surface area contributed by atoms with Crippen molar-refractivity contribution in [2.75, 3.05) is 12.9 Å². The monoisotopic (exact) mass is 421 g/mol. The Morgan fingerprint density at radius 2 is 1.80 bits per heavy atom. The van der Waals surface area contributed by atoms with E-state index in [2.05, 4.69) is 15.3 Å². The van der Waals surface area contributed by atoms with Gasteiger partial charge in [0.2, 0.25) is 5.16 Å². The summed E-state index contributed by atoms with van der Waals surface area (Å²) in [4.78, 5) is 22.7. The molecule has 0 bridgehead atoms. The van der Waals surface area contributed by atoms with Gasteiger partial charge in [0.15, 0.2) is 11.4 Å². The van der Waals surface area contributed by atoms with Crippen molar-refractivity contribution >= 4 is 28.9 Å². The van der Waals surface area contributed by atoms with Crippen LogP contribution in [0.4, 0.5) is 5.69 Å². The average Bonchev–Trinajstić information content (AvgIpc) is 3.19. The van der Waals surface area contributed by atoms with E-state index in [0.717, 1.165) is 17.0 Å². The SMILES string of the molecule is COc1ccc(-c2ccc3nnc(SCC(=O)c4ccc([N+](=O)[O-])cc4)n3n2)cc1. The molecule has 2 aromatic carbocycles. The number of benzene rings is 2. The van der Waals surface area contributed by atoms with Gasteiger partial charge < -0.3 is 4.74 Å². The number of aromatic nitrogens is 4. The summed E-state index contributed by atoms with van der Waals surface area (Å²) in [7, 11) is 1.61. The molecule has 2 aromatic heterocycles. The summed E-state index contributed by atoms with van der Waals surface area (Å²) in [6.07, 6.45) is 0. The Kier molecular flexibility index (Phi) is 5.40. The number of fused-ring (bicyclic) bond motifs is 1. The van der Waals surface area contributed by atoms with Crippen LogP contribution in [0.3, 0.4) is 0 Å². The van der Waals surface area contributed by atoms with Crippen LogP contribution < -0.4 is 4.74 Å². The number of ketones is 1. The van der Waals surface area contributed by atoms with Crippen LogP contribution in [-0.2, 0) is 0 Å². The molecule has 10 heteroatoms. The summed E-state index contributed by atoms with van der Waals surface area (Å²) in [5.74, 6) is 0.690. The van der Waals surface area contributed by atoms with Gasteiger partial charge in [0.05, 0.1) is 23.5 Å². The molecular weight excluding hydrogens is 406 g/mol. The number of methoxy groups -OCH3 is 1. The molecule has 0 saturated carbocycles. The van der Waals surface area contributed by atoms with Gasteiger partial charge in [-0.25, -0.2) is 0 Å². The van der Waals surface area contributed by atoms with E-state index in [1.165, 1.54) is 36.0 Å². The fourth-order valence-corrected chi connectivity index (χ4v) is 3.54. The molecule has 0 atom stereocenters. The van der Waals surface area contributed by atoms with Gasteiger partial charge in [-0.2, -0.15) is 9.61 Å². The molecule has 0 aliphatic carbocycles. The summed E-state index contributed by atoms with van der Waals surface area (Å²) in [5.41, 5.74) is 2.54. The number of nitrogens with zero attached hydrogens (tertiary/aromatic N) is 5. The highest BCUT2D eigenvalue weighted by Crippen LogP contribution is 2.23. The van der Waals surface area contributed by atoms with Crippen molar-refractivity contribution in [2.24, 2.45) is 0 Å². The largest absolute Gasteiger partial charge is 0.497 e. The first-order chi connectivity index (χ1) is 14.5. The molecule has 4 aromatic rings. The summed E-state index contributed by atoms with van der Waals surface area (Å²) in [5, 5.41) is 24.0. The number of hydrogen-bond donors (Lipinski definition) is 0. The number of carbonyl (C=O) groups is 1. The fourth-order valence-electron chi connectivity index (χ4n) is 2.76. The number of thioether (sulfide) groups is 1. The molecule has 0 amide bonds. The van der Waals surface area contributed by atoms with Crippen LogP contribution in [0.5, 0.6) is 5.75 Å². The number of non-ortho nitro benzene ring substituents is 1. The molecule has 0 fully saturated rings. The van der Waals surface area contributed by atoms with E-state index in [1.54, 1.807) is 11.6 Å². The lowest BCUT2D eigenvalue weighted by Crippen LogP contribution is -2.04. The van der Waals surface area contributed by atoms with E-state index in [9.17, 15) is 14.9 Å². The second kappa shape index (κ2) is 8.29. The first kappa shape index (κ1) is 19.5. The predicted octanol–water partition coefficient (Wildman–Crippen LogP) is 3.68. The van der Waals surface area contributed by atoms with Gasteiger partial charge in [-0.1, -0.05) is 11.8 Å². The van der Waals surface area contributed by atoms with Crippen molar-refractivity contribution < 1.29 is 14.5 Å². The molecule has 150 valence electrons. The van der Waals surface area contributed by atoms with Crippen molar-refractivity contribution in [1.82, 2.24) is 19.8 Å². The highest BCUT2D eigenvalue weighted by molar-refractivity contribution is 7.99. The van der Waals surface area contributed by atoms with Crippen LogP contribution in [-0.4, -0.2) is 43.4 Å². The topological polar surface area (TPSA) is 113 Å². The van der Waals surface area contributed by atoms with Gasteiger partial charge >= 0.3 is 0 Å². The normalized spacial score (nSPS) is 10.8. The van der Waals surface area contributed by atoms with Gasteiger partial charge in [0.25, 0.3) is 5.69 Å². The second-order valence-corrected chi connectivity index (χ2v) is 7.16. The Labute approximate surface area is 174 Å². The standard InChI is InChI=1S/C20H15N5O4S/c1-29-16-8-4-13(5-9-16)17-10-11-19-21-22-20(24(19)23-17)30-12-18(26)14-2-6-15(7-3-14)25(27)28/h2-11H,12H2,1H3. The zero-order chi connectivity index (χ0) is 21.1. The van der Waals surface area contributed by atoms with Gasteiger partial charge in [-0.05, 0) is 48.5 Å². The maximum absolute atomic E-state index is 12.4. The third kappa shape index (κ3) is 3.98. The average molecular weight is 421 g/mol. The van der Waals surface area contributed by atoms with Gasteiger partial charge in [-0.15, -0.1) is 10.2 Å². The minimum Gasteiger partial charge on any atom is -0.497 e. The molecule has 9 nitrogen and oxygen atoms in total. The van der Waals surface area contributed by atoms with E-state index >= 15 is 0 Å². The molecule has 0 radical (unpaired) electrons. The Balaban J connectivity index is 1.52. The lowest BCUT2D eigenvalue weighted by Gasteiger charge is -2.04. The Hall–Kier alpha value is -3.79. The van der Waals surface area contributed by atoms with E-state index in [1.807, 2.05) is 36.4 Å². The molecule has 0 spiro atoms. The summed E-state index contributed by atoms with van der Waals surface area (Å²) in [6.45, 7) is 0. The Morgan fingerprint density at radius 1 is 1.07 bits per heavy atom. The quantitative estimate of drug-likeness (QED) is 0.192. The van der Waals surface area contributed by atoms with Crippen LogP contribution in [0.15, 0.2) is 65.8 Å². The number of ether oxygens (including phenoxy) is 1. The Morgan fingerprint density at radius 3 is 2.47 bits per heavy atom. The zero-order valence-electron chi connectivity index (χ0n) is 15.8. The van der Waals surface area contributed by atoms with E-state index in [-0.39, 0.29) is 17.2 Å². The van der Waals surface area contributed by atoms with Crippen molar-refractivity contribution in [3.8, 4) is 17.0 Å². The molecule has 0 unspecified atom stereocenters. The van der Waals surface area contributed by atoms with Crippen LogP contribution in [0.1, 0.15) is 10.4 Å². The first-order valence-electron chi connectivity index (χ1n) is 8.82. The second-order valence-electron chi connectivity index (χ2n) is 6.22. The molecule has 4 rings (SSSR count). The number of rotatable bonds is 7. The summed E-state index contributed by atoms with van der Waals surface area (Å²) >= 11 is 1.20. The minimum absolute atomic E-state index is 0.0575. The van der Waals surface area contributed by atoms with Gasteiger partial charge in [0, 0.05) is 23.3 Å². The number of hydrogen-bond acceptors (Lipinski definition) is 8. The summed E-state index contributed by atoms with van der Waals surface area (Å²) < 4.78 is 6.77. The van der Waals surface area contributed by atoms with E-state index < -0.39 is 4.92 Å². The highest BCUT2D eigenvalue weighted by Gasteiger charge is 2.14. The Bertz CT molecular complexity index is 1220. The summed E-state index contributed by atoms with van der Waals surface area (Å²) in [6, 6.07) is 16.7. The lowest BCUT2D eigenvalue weighted by molar-refractivity contribution is -0.384. The zero-order valence-corrected chi connectivity index (χ0v) is 16.6. The third-order valence-corrected chi connectivity index (χ3v) is 5.27. The number of Topliss-reactive ketones (excluding diaryl/α,β-unsaturated/α-hetero) is 1. The molecule has 2 heterocycles. The van der Waals surface area contributed by atoms with E-state index in [0.29, 0.717) is 16.4 Å². The van der Waals surface area contributed by atoms with Crippen molar-refractivity contribution in [3.63, 3.8) is 0 Å². The van der Waals surface area contributed by atoms with Crippen molar-refractivity contribution in [3.05, 3.63) is 76.3 Å². The molecule has 0 N–H and O–H groups in total. The molecule has 0 aliphatic heterocycles. The van der Waals surface area contributed by atoms with Crippen LogP contribution in [0, 0.1) is 10.1 Å². The number of nitro benzene ring substituents is 1. The van der Waals surface area contributed by atoms with Gasteiger partial charge in [-0.3, -0.25) is 14.9 Å². The highest BCUT2D eigenvalue weighted by atomic mass is 32.2. The maximum atomic E-state index is 12.4. The molecule has 0 saturated heterocycles. The van der Waals surface area contributed by atoms with E-state index in [4.69, 9.17) is 4.74 Å². The van der Waals surface area contributed by atoms with Crippen LogP contribution in [0.2, 0.25) is 0 Å². The number of carbonyl (C=O) groups excluding carboxylic acids is 1. The van der Waals surface area contributed by atoms with Crippen LogP contribution >= 0.6 is 11.8 Å². The first-order valence-corrected chi connectivity index (χ1v) is 9.81. The predicted molar refractivity (Wildman–Crippen MR) is 111 cm³/mol. The maximum Gasteiger partial charge on any atom is 0.269 e. The van der Waals surface area contributed by atoms with Crippen molar-refractivity contribution in [2.45, 2.75) is 5.16 Å².